The van der Waals surface area contributed by atoms with Crippen LogP contribution in [0.2, 0.25) is 0 Å². The Morgan fingerprint density at radius 2 is 1.46 bits per heavy atom. The van der Waals surface area contributed by atoms with E-state index in [4.69, 9.17) is 4.74 Å². The van der Waals surface area contributed by atoms with Crippen molar-refractivity contribution in [3.63, 3.8) is 0 Å². The van der Waals surface area contributed by atoms with E-state index in [1.54, 1.807) is 4.90 Å². The van der Waals surface area contributed by atoms with Crippen LogP contribution in [0, 0.1) is 13.8 Å². The second kappa shape index (κ2) is 11.7. The molecule has 0 radical (unpaired) electrons. The van der Waals surface area contributed by atoms with E-state index in [1.165, 1.54) is 0 Å². The van der Waals surface area contributed by atoms with Crippen molar-refractivity contribution in [2.75, 3.05) is 6.61 Å². The van der Waals surface area contributed by atoms with Crippen LogP contribution in [0.15, 0.2) is 78.9 Å². The summed E-state index contributed by atoms with van der Waals surface area (Å²) in [6, 6.07) is 24.6. The smallest absolute Gasteiger partial charge is 0.261 e. The molecule has 0 fully saturated rings. The van der Waals surface area contributed by atoms with Crippen molar-refractivity contribution in [1.29, 1.82) is 0 Å². The fourth-order valence-electron chi connectivity index (χ4n) is 3.89. The summed E-state index contributed by atoms with van der Waals surface area (Å²) < 4.78 is 5.96. The molecule has 35 heavy (non-hydrogen) atoms. The molecular weight excluding hydrogens is 436 g/mol. The normalized spacial score (nSPS) is 12.0. The highest BCUT2D eigenvalue weighted by Gasteiger charge is 2.32. The van der Waals surface area contributed by atoms with Gasteiger partial charge in [-0.05, 0) is 62.9 Å². The Bertz CT molecular complexity index is 1120. The molecule has 3 aromatic rings. The van der Waals surface area contributed by atoms with Crippen molar-refractivity contribution >= 4 is 11.8 Å². The highest BCUT2D eigenvalue weighted by atomic mass is 16.5. The van der Waals surface area contributed by atoms with Crippen molar-refractivity contribution in [2.45, 2.75) is 59.2 Å². The number of aryl methyl sites for hydroxylation is 1. The summed E-state index contributed by atoms with van der Waals surface area (Å²) in [6.45, 7) is 9.98. The van der Waals surface area contributed by atoms with Gasteiger partial charge in [-0.25, -0.2) is 0 Å². The largest absolute Gasteiger partial charge is 0.483 e. The topological polar surface area (TPSA) is 58.6 Å². The third kappa shape index (κ3) is 7.71. The van der Waals surface area contributed by atoms with Gasteiger partial charge in [0.05, 0.1) is 0 Å². The lowest BCUT2D eigenvalue weighted by Gasteiger charge is -2.33. The van der Waals surface area contributed by atoms with Crippen molar-refractivity contribution in [1.82, 2.24) is 10.2 Å². The molecule has 0 unspecified atom stereocenters. The fraction of sp³-hybridized carbons (Fsp3) is 0.333. The van der Waals surface area contributed by atoms with Crippen molar-refractivity contribution in [2.24, 2.45) is 0 Å². The van der Waals surface area contributed by atoms with Crippen LogP contribution in [0.4, 0.5) is 0 Å². The molecule has 0 saturated carbocycles. The van der Waals surface area contributed by atoms with Gasteiger partial charge in [0.2, 0.25) is 5.91 Å². The summed E-state index contributed by atoms with van der Waals surface area (Å²) in [6.07, 6.45) is 0.408. The molecule has 1 N–H and O–H groups in total. The van der Waals surface area contributed by atoms with Crippen LogP contribution in [-0.2, 0) is 22.6 Å². The van der Waals surface area contributed by atoms with E-state index in [1.807, 2.05) is 113 Å². The maximum atomic E-state index is 13.6. The number of hydrogen-bond donors (Lipinski definition) is 1. The van der Waals surface area contributed by atoms with Gasteiger partial charge in [0.1, 0.15) is 11.8 Å². The molecule has 1 atom stereocenters. The average molecular weight is 473 g/mol. The van der Waals surface area contributed by atoms with E-state index in [0.29, 0.717) is 18.7 Å². The number of hydrogen-bond acceptors (Lipinski definition) is 3. The highest BCUT2D eigenvalue weighted by Crippen LogP contribution is 2.21. The average Bonchev–Trinajstić information content (AvgIpc) is 2.82. The SMILES string of the molecule is Cc1cccc(OCC(=O)N(Cc2ccccc2)[C@@H](Cc2ccccc2)C(=O)NC(C)(C)C)c1C. The van der Waals surface area contributed by atoms with E-state index in [-0.39, 0.29) is 18.4 Å². The van der Waals surface area contributed by atoms with Crippen LogP contribution < -0.4 is 10.1 Å². The molecule has 0 aromatic heterocycles. The summed E-state index contributed by atoms with van der Waals surface area (Å²) in [5.41, 5.74) is 3.61. The quantitative estimate of drug-likeness (QED) is 0.464. The minimum atomic E-state index is -0.688. The molecule has 184 valence electrons. The van der Waals surface area contributed by atoms with Gasteiger partial charge in [-0.1, -0.05) is 72.8 Å². The predicted molar refractivity (Wildman–Crippen MR) is 140 cm³/mol. The van der Waals surface area contributed by atoms with Gasteiger partial charge in [-0.2, -0.15) is 0 Å². The predicted octanol–water partition coefficient (Wildman–Crippen LogP) is 5.24. The summed E-state index contributed by atoms with van der Waals surface area (Å²) in [5, 5.41) is 3.08. The molecule has 5 heteroatoms. The molecule has 0 aliphatic rings. The molecule has 0 heterocycles. The van der Waals surface area contributed by atoms with Gasteiger partial charge < -0.3 is 15.0 Å². The van der Waals surface area contributed by atoms with E-state index in [0.717, 1.165) is 22.3 Å². The van der Waals surface area contributed by atoms with Gasteiger partial charge in [0.15, 0.2) is 6.61 Å². The van der Waals surface area contributed by atoms with Gasteiger partial charge in [0, 0.05) is 18.5 Å². The Hall–Kier alpha value is -3.60. The zero-order valence-electron chi connectivity index (χ0n) is 21.4. The summed E-state index contributed by atoms with van der Waals surface area (Å²) in [5.74, 6) is 0.258. The molecular formula is C30H36N2O3. The third-order valence-electron chi connectivity index (χ3n) is 5.87. The van der Waals surface area contributed by atoms with Crippen LogP contribution in [0.25, 0.3) is 0 Å². The first kappa shape index (κ1) is 26.0. The lowest BCUT2D eigenvalue weighted by molar-refractivity contribution is -0.143. The van der Waals surface area contributed by atoms with Crippen molar-refractivity contribution in [3.05, 3.63) is 101 Å². The molecule has 3 rings (SSSR count). The Balaban J connectivity index is 1.92. The van der Waals surface area contributed by atoms with Crippen molar-refractivity contribution < 1.29 is 14.3 Å². The number of carbonyl (C=O) groups excluding carboxylic acids is 2. The van der Waals surface area contributed by atoms with Crippen LogP contribution in [0.3, 0.4) is 0 Å². The van der Waals surface area contributed by atoms with Crippen LogP contribution in [0.5, 0.6) is 5.75 Å². The highest BCUT2D eigenvalue weighted by molar-refractivity contribution is 5.89. The van der Waals surface area contributed by atoms with E-state index >= 15 is 0 Å². The standard InChI is InChI=1S/C30H36N2O3/c1-22-13-12-18-27(23(22)2)35-21-28(33)32(20-25-16-10-7-11-17-25)26(29(34)31-30(3,4)5)19-24-14-8-6-9-15-24/h6-18,26H,19-21H2,1-5H3,(H,31,34)/t26-/m0/s1. The second-order valence-electron chi connectivity index (χ2n) is 9.94. The number of benzene rings is 3. The number of nitrogens with one attached hydrogen (secondary N) is 1. The van der Waals surface area contributed by atoms with Crippen LogP contribution in [0.1, 0.15) is 43.0 Å². The molecule has 0 saturated heterocycles. The minimum absolute atomic E-state index is 0.148. The number of ether oxygens (including phenoxy) is 1. The molecule has 0 aliphatic heterocycles. The molecule has 0 spiro atoms. The van der Waals surface area contributed by atoms with Gasteiger partial charge in [0.25, 0.3) is 5.91 Å². The van der Waals surface area contributed by atoms with Gasteiger partial charge >= 0.3 is 0 Å². The minimum Gasteiger partial charge on any atom is -0.483 e. The van der Waals surface area contributed by atoms with Gasteiger partial charge in [-0.3, -0.25) is 9.59 Å². The van der Waals surface area contributed by atoms with Gasteiger partial charge in [-0.15, -0.1) is 0 Å². The Labute approximate surface area is 209 Å². The number of amides is 2. The lowest BCUT2D eigenvalue weighted by atomic mass is 10.0. The van der Waals surface area contributed by atoms with Crippen LogP contribution in [-0.4, -0.2) is 34.9 Å². The Kier molecular flexibility index (Phi) is 8.69. The zero-order valence-corrected chi connectivity index (χ0v) is 21.4. The first-order valence-corrected chi connectivity index (χ1v) is 12.0. The Morgan fingerprint density at radius 3 is 2.06 bits per heavy atom. The number of rotatable bonds is 9. The summed E-state index contributed by atoms with van der Waals surface area (Å²) >= 11 is 0. The van der Waals surface area contributed by atoms with E-state index in [9.17, 15) is 9.59 Å². The first-order valence-electron chi connectivity index (χ1n) is 12.0. The van der Waals surface area contributed by atoms with Crippen LogP contribution >= 0.6 is 0 Å². The summed E-state index contributed by atoms with van der Waals surface area (Å²) in [7, 11) is 0. The number of carbonyl (C=O) groups is 2. The molecule has 3 aromatic carbocycles. The fourth-order valence-corrected chi connectivity index (χ4v) is 3.89. The maximum Gasteiger partial charge on any atom is 0.261 e. The number of nitrogens with zero attached hydrogens (tertiary/aromatic N) is 1. The van der Waals surface area contributed by atoms with E-state index < -0.39 is 11.6 Å². The molecule has 5 nitrogen and oxygen atoms in total. The Morgan fingerprint density at radius 1 is 0.857 bits per heavy atom. The molecule has 2 amide bonds. The molecule has 0 bridgehead atoms. The first-order chi connectivity index (χ1) is 16.6. The molecule has 0 aliphatic carbocycles. The van der Waals surface area contributed by atoms with Crippen molar-refractivity contribution in [3.8, 4) is 5.75 Å². The maximum absolute atomic E-state index is 13.6. The zero-order chi connectivity index (χ0) is 25.4. The third-order valence-corrected chi connectivity index (χ3v) is 5.87. The lowest BCUT2D eigenvalue weighted by Crippen LogP contribution is -2.55. The monoisotopic (exact) mass is 472 g/mol. The van der Waals surface area contributed by atoms with E-state index in [2.05, 4.69) is 5.32 Å². The second-order valence-corrected chi connectivity index (χ2v) is 9.94. The summed E-state index contributed by atoms with van der Waals surface area (Å²) in [4.78, 5) is 28.8.